The van der Waals surface area contributed by atoms with Crippen molar-refractivity contribution in [1.29, 1.82) is 0 Å². The van der Waals surface area contributed by atoms with E-state index in [-0.39, 0.29) is 0 Å². The van der Waals surface area contributed by atoms with E-state index in [1.165, 1.54) is 16.3 Å². The van der Waals surface area contributed by atoms with Crippen LogP contribution in [0.5, 0.6) is 0 Å². The molecule has 1 N–H and O–H groups in total. The van der Waals surface area contributed by atoms with Crippen molar-refractivity contribution in [2.45, 2.75) is 13.5 Å². The second-order valence-corrected chi connectivity index (χ2v) is 4.98. The van der Waals surface area contributed by atoms with Crippen LogP contribution in [0.4, 0.5) is 0 Å². The van der Waals surface area contributed by atoms with Gasteiger partial charge in [0.25, 0.3) is 0 Å². The zero-order valence-corrected chi connectivity index (χ0v) is 10.8. The molecule has 2 heterocycles. The Balaban J connectivity index is 1.84. The van der Waals surface area contributed by atoms with E-state index in [1.54, 1.807) is 0 Å². The van der Waals surface area contributed by atoms with Gasteiger partial charge in [-0.1, -0.05) is 12.1 Å². The topological polar surface area (TPSA) is 28.2 Å². The molecule has 1 aliphatic heterocycles. The molecule has 0 bridgehead atoms. The minimum Gasteiger partial charge on any atom is -0.314 e. The Labute approximate surface area is 108 Å². The first kappa shape index (κ1) is 11.6. The molecule has 18 heavy (non-hydrogen) atoms. The Kier molecular flexibility index (Phi) is 3.26. The molecule has 3 rings (SSSR count). The van der Waals surface area contributed by atoms with E-state index in [2.05, 4.69) is 46.4 Å². The number of hydrogen-bond acceptors (Lipinski definition) is 3. The van der Waals surface area contributed by atoms with Gasteiger partial charge in [-0.15, -0.1) is 0 Å². The molecule has 0 saturated carbocycles. The van der Waals surface area contributed by atoms with Crippen LogP contribution in [0.15, 0.2) is 30.5 Å². The zero-order chi connectivity index (χ0) is 12.4. The Bertz CT molecular complexity index is 544. The number of aryl methyl sites for hydroxylation is 1. The lowest BCUT2D eigenvalue weighted by Crippen LogP contribution is -2.42. The first-order valence-corrected chi connectivity index (χ1v) is 6.60. The van der Waals surface area contributed by atoms with Crippen molar-refractivity contribution in [1.82, 2.24) is 15.2 Å². The molecule has 1 aromatic carbocycles. The predicted molar refractivity (Wildman–Crippen MR) is 74.6 cm³/mol. The lowest BCUT2D eigenvalue weighted by molar-refractivity contribution is 0.233. The summed E-state index contributed by atoms with van der Waals surface area (Å²) in [5.74, 6) is 0. The number of fused-ring (bicyclic) bond motifs is 1. The Hall–Kier alpha value is -1.45. The van der Waals surface area contributed by atoms with E-state index in [0.717, 1.165) is 38.4 Å². The fourth-order valence-corrected chi connectivity index (χ4v) is 2.60. The fraction of sp³-hybridized carbons (Fsp3) is 0.400. The van der Waals surface area contributed by atoms with Crippen LogP contribution in [-0.2, 0) is 6.54 Å². The summed E-state index contributed by atoms with van der Waals surface area (Å²) in [6.07, 6.45) is 1.90. The highest BCUT2D eigenvalue weighted by Crippen LogP contribution is 2.19. The second-order valence-electron chi connectivity index (χ2n) is 4.98. The van der Waals surface area contributed by atoms with E-state index in [1.807, 2.05) is 6.20 Å². The van der Waals surface area contributed by atoms with Crippen molar-refractivity contribution in [3.8, 4) is 0 Å². The van der Waals surface area contributed by atoms with E-state index in [9.17, 15) is 0 Å². The molecule has 0 atom stereocenters. The maximum atomic E-state index is 4.33. The molecule has 1 saturated heterocycles. The zero-order valence-electron chi connectivity index (χ0n) is 10.8. The minimum atomic E-state index is 1.05. The van der Waals surface area contributed by atoms with Crippen molar-refractivity contribution in [2.24, 2.45) is 0 Å². The van der Waals surface area contributed by atoms with Crippen molar-refractivity contribution in [3.05, 3.63) is 41.7 Å². The van der Waals surface area contributed by atoms with Crippen LogP contribution in [0.25, 0.3) is 10.8 Å². The van der Waals surface area contributed by atoms with E-state index >= 15 is 0 Å². The summed E-state index contributed by atoms with van der Waals surface area (Å²) in [7, 11) is 0. The molecule has 2 aromatic rings. The maximum absolute atomic E-state index is 4.33. The third kappa shape index (κ3) is 2.37. The average molecular weight is 241 g/mol. The van der Waals surface area contributed by atoms with Gasteiger partial charge in [0.05, 0.1) is 0 Å². The van der Waals surface area contributed by atoms with Gasteiger partial charge in [-0.2, -0.15) is 0 Å². The number of hydrogen-bond donors (Lipinski definition) is 1. The van der Waals surface area contributed by atoms with E-state index < -0.39 is 0 Å². The Morgan fingerprint density at radius 3 is 2.89 bits per heavy atom. The number of aromatic nitrogens is 1. The van der Waals surface area contributed by atoms with Crippen LogP contribution in [0.3, 0.4) is 0 Å². The highest BCUT2D eigenvalue weighted by atomic mass is 15.2. The van der Waals surface area contributed by atoms with Crippen molar-refractivity contribution >= 4 is 10.8 Å². The standard InChI is InChI=1S/C15H19N3/c1-12-15-3-2-13(10-14(15)4-5-17-12)11-18-8-6-16-7-9-18/h2-5,10,16H,6-9,11H2,1H3. The Morgan fingerprint density at radius 1 is 1.22 bits per heavy atom. The molecule has 3 heteroatoms. The third-order valence-corrected chi connectivity index (χ3v) is 3.64. The van der Waals surface area contributed by atoms with Gasteiger partial charge in [0.15, 0.2) is 0 Å². The van der Waals surface area contributed by atoms with Crippen LogP contribution in [0.1, 0.15) is 11.3 Å². The number of nitrogens with one attached hydrogen (secondary N) is 1. The fourth-order valence-electron chi connectivity index (χ4n) is 2.60. The predicted octanol–water partition coefficient (Wildman–Crippen LogP) is 1.95. The monoisotopic (exact) mass is 241 g/mol. The Morgan fingerprint density at radius 2 is 2.06 bits per heavy atom. The number of nitrogens with zero attached hydrogens (tertiary/aromatic N) is 2. The number of benzene rings is 1. The molecular weight excluding hydrogens is 222 g/mol. The van der Waals surface area contributed by atoms with Crippen LogP contribution >= 0.6 is 0 Å². The van der Waals surface area contributed by atoms with Gasteiger partial charge in [-0.25, -0.2) is 0 Å². The summed E-state index contributed by atoms with van der Waals surface area (Å²) in [6, 6.07) is 8.84. The van der Waals surface area contributed by atoms with Crippen molar-refractivity contribution in [2.75, 3.05) is 26.2 Å². The summed E-state index contributed by atoms with van der Waals surface area (Å²) < 4.78 is 0. The number of pyridine rings is 1. The van der Waals surface area contributed by atoms with E-state index in [0.29, 0.717) is 0 Å². The highest BCUT2D eigenvalue weighted by Gasteiger charge is 2.10. The smallest absolute Gasteiger partial charge is 0.0450 e. The van der Waals surface area contributed by atoms with Gasteiger partial charge < -0.3 is 5.32 Å². The first-order chi connectivity index (χ1) is 8.83. The van der Waals surface area contributed by atoms with Gasteiger partial charge in [0.1, 0.15) is 0 Å². The molecular formula is C15H19N3. The van der Waals surface area contributed by atoms with Gasteiger partial charge in [0.2, 0.25) is 0 Å². The van der Waals surface area contributed by atoms with Gasteiger partial charge >= 0.3 is 0 Å². The molecule has 3 nitrogen and oxygen atoms in total. The molecule has 0 unspecified atom stereocenters. The van der Waals surface area contributed by atoms with E-state index in [4.69, 9.17) is 0 Å². The van der Waals surface area contributed by atoms with Crippen LogP contribution in [-0.4, -0.2) is 36.1 Å². The lowest BCUT2D eigenvalue weighted by Gasteiger charge is -2.27. The highest BCUT2D eigenvalue weighted by molar-refractivity contribution is 5.84. The molecule has 1 fully saturated rings. The lowest BCUT2D eigenvalue weighted by atomic mass is 10.1. The van der Waals surface area contributed by atoms with Crippen LogP contribution in [0.2, 0.25) is 0 Å². The largest absolute Gasteiger partial charge is 0.314 e. The molecule has 1 aliphatic rings. The molecule has 0 spiro atoms. The quantitative estimate of drug-likeness (QED) is 0.871. The van der Waals surface area contributed by atoms with Gasteiger partial charge in [0, 0.05) is 50.0 Å². The maximum Gasteiger partial charge on any atom is 0.0450 e. The summed E-state index contributed by atoms with van der Waals surface area (Å²) >= 11 is 0. The van der Waals surface area contributed by atoms with Crippen molar-refractivity contribution in [3.63, 3.8) is 0 Å². The molecule has 0 aliphatic carbocycles. The molecule has 0 amide bonds. The summed E-state index contributed by atoms with van der Waals surface area (Å²) in [5, 5.41) is 5.95. The van der Waals surface area contributed by atoms with Gasteiger partial charge in [-0.05, 0) is 30.0 Å². The summed E-state index contributed by atoms with van der Waals surface area (Å²) in [4.78, 5) is 6.84. The van der Waals surface area contributed by atoms with Crippen LogP contribution in [0, 0.1) is 6.92 Å². The normalized spacial score (nSPS) is 17.2. The van der Waals surface area contributed by atoms with Crippen LogP contribution < -0.4 is 5.32 Å². The second kappa shape index (κ2) is 5.04. The number of piperazine rings is 1. The van der Waals surface area contributed by atoms with Gasteiger partial charge in [-0.3, -0.25) is 9.88 Å². The number of rotatable bonds is 2. The minimum absolute atomic E-state index is 1.05. The first-order valence-electron chi connectivity index (χ1n) is 6.60. The SMILES string of the molecule is Cc1nccc2cc(CN3CCNCC3)ccc12. The molecule has 1 aromatic heterocycles. The average Bonchev–Trinajstić information content (AvgIpc) is 2.40. The van der Waals surface area contributed by atoms with Crippen molar-refractivity contribution < 1.29 is 0 Å². The molecule has 0 radical (unpaired) electrons. The third-order valence-electron chi connectivity index (χ3n) is 3.64. The molecule has 94 valence electrons. The summed E-state index contributed by atoms with van der Waals surface area (Å²) in [6.45, 7) is 7.63. The summed E-state index contributed by atoms with van der Waals surface area (Å²) in [5.41, 5.74) is 2.51.